The van der Waals surface area contributed by atoms with E-state index in [0.29, 0.717) is 0 Å². The molecule has 0 atom stereocenters. The summed E-state index contributed by atoms with van der Waals surface area (Å²) in [5.74, 6) is 1.07. The van der Waals surface area contributed by atoms with Gasteiger partial charge >= 0.3 is 0 Å². The van der Waals surface area contributed by atoms with Crippen molar-refractivity contribution in [2.24, 2.45) is 0 Å². The fraction of sp³-hybridized carbons (Fsp3) is 0.571. The first-order chi connectivity index (χ1) is 7.90. The zero-order chi connectivity index (χ0) is 11.2. The summed E-state index contributed by atoms with van der Waals surface area (Å²) in [4.78, 5) is 1.71. The second kappa shape index (κ2) is 5.90. The van der Waals surface area contributed by atoms with Crippen molar-refractivity contribution >= 4 is 0 Å². The average molecular weight is 220 g/mol. The minimum absolute atomic E-state index is 0.756. The van der Waals surface area contributed by atoms with Gasteiger partial charge < -0.3 is 9.64 Å². The lowest BCUT2D eigenvalue weighted by Gasteiger charge is -2.24. The zero-order valence-corrected chi connectivity index (χ0v) is 10.2. The standard InChI is InChI=1S/C14H21NO/c1-2-16-14-9-5-4-8-13(14)12-15-10-6-3-7-11-15/h4-5,8-9H,2-3,6-7,10-12H2,1H3/p+1. The van der Waals surface area contributed by atoms with Crippen LogP contribution in [0.5, 0.6) is 5.75 Å². The summed E-state index contributed by atoms with van der Waals surface area (Å²) in [5, 5.41) is 0. The Labute approximate surface area is 98.2 Å². The highest BCUT2D eigenvalue weighted by molar-refractivity contribution is 5.32. The van der Waals surface area contributed by atoms with Crippen LogP contribution in [0.25, 0.3) is 0 Å². The van der Waals surface area contributed by atoms with Crippen LogP contribution in [-0.4, -0.2) is 19.7 Å². The quantitative estimate of drug-likeness (QED) is 0.814. The molecule has 0 aromatic heterocycles. The van der Waals surface area contributed by atoms with Gasteiger partial charge in [0.05, 0.1) is 19.7 Å². The van der Waals surface area contributed by atoms with Crippen LogP contribution in [0.4, 0.5) is 0 Å². The Balaban J connectivity index is 2.01. The van der Waals surface area contributed by atoms with Gasteiger partial charge in [-0.25, -0.2) is 0 Å². The Morgan fingerprint density at radius 3 is 2.62 bits per heavy atom. The van der Waals surface area contributed by atoms with Crippen LogP contribution in [0.2, 0.25) is 0 Å². The molecule has 0 amide bonds. The van der Waals surface area contributed by atoms with Crippen LogP contribution in [-0.2, 0) is 6.54 Å². The molecule has 1 aliphatic rings. The van der Waals surface area contributed by atoms with E-state index in [1.807, 2.05) is 6.92 Å². The van der Waals surface area contributed by atoms with Crippen LogP contribution in [0.3, 0.4) is 0 Å². The Morgan fingerprint density at radius 1 is 1.12 bits per heavy atom. The van der Waals surface area contributed by atoms with Crippen LogP contribution in [0.1, 0.15) is 31.7 Å². The summed E-state index contributed by atoms with van der Waals surface area (Å²) in [7, 11) is 0. The predicted octanol–water partition coefficient (Wildman–Crippen LogP) is 1.65. The number of nitrogens with one attached hydrogen (secondary N) is 1. The third kappa shape index (κ3) is 2.99. The molecule has 1 aliphatic heterocycles. The lowest BCUT2D eigenvalue weighted by Crippen LogP contribution is -3.11. The molecule has 1 aromatic rings. The maximum Gasteiger partial charge on any atom is 0.128 e. The van der Waals surface area contributed by atoms with E-state index >= 15 is 0 Å². The molecule has 0 bridgehead atoms. The van der Waals surface area contributed by atoms with Crippen LogP contribution >= 0.6 is 0 Å². The molecule has 16 heavy (non-hydrogen) atoms. The Morgan fingerprint density at radius 2 is 1.88 bits per heavy atom. The molecule has 2 nitrogen and oxygen atoms in total. The molecule has 0 saturated carbocycles. The van der Waals surface area contributed by atoms with Crippen molar-refractivity contribution in [3.63, 3.8) is 0 Å². The monoisotopic (exact) mass is 220 g/mol. The lowest BCUT2D eigenvalue weighted by molar-refractivity contribution is -0.918. The Hall–Kier alpha value is -1.02. The zero-order valence-electron chi connectivity index (χ0n) is 10.2. The van der Waals surface area contributed by atoms with Crippen molar-refractivity contribution in [1.82, 2.24) is 0 Å². The van der Waals surface area contributed by atoms with Crippen molar-refractivity contribution in [3.8, 4) is 5.75 Å². The first-order valence-corrected chi connectivity index (χ1v) is 6.44. The van der Waals surface area contributed by atoms with E-state index in [1.165, 1.54) is 37.9 Å². The van der Waals surface area contributed by atoms with Gasteiger partial charge in [0.2, 0.25) is 0 Å². The van der Waals surface area contributed by atoms with E-state index in [-0.39, 0.29) is 0 Å². The summed E-state index contributed by atoms with van der Waals surface area (Å²) < 4.78 is 5.67. The number of piperidine rings is 1. The topological polar surface area (TPSA) is 13.7 Å². The first kappa shape index (κ1) is 11.5. The van der Waals surface area contributed by atoms with Gasteiger partial charge in [0.1, 0.15) is 12.3 Å². The van der Waals surface area contributed by atoms with Crippen molar-refractivity contribution in [2.75, 3.05) is 19.7 Å². The van der Waals surface area contributed by atoms with Crippen LogP contribution < -0.4 is 9.64 Å². The van der Waals surface area contributed by atoms with Crippen LogP contribution in [0.15, 0.2) is 24.3 Å². The molecule has 0 aliphatic carbocycles. The SMILES string of the molecule is CCOc1ccccc1C[NH+]1CCCCC1. The van der Waals surface area contributed by atoms with E-state index in [9.17, 15) is 0 Å². The number of benzene rings is 1. The highest BCUT2D eigenvalue weighted by atomic mass is 16.5. The van der Waals surface area contributed by atoms with Crippen LogP contribution in [0, 0.1) is 0 Å². The normalized spacial score (nSPS) is 17.3. The molecule has 0 unspecified atom stereocenters. The molecule has 1 N–H and O–H groups in total. The van der Waals surface area contributed by atoms with Crippen molar-refractivity contribution in [1.29, 1.82) is 0 Å². The maximum absolute atomic E-state index is 5.67. The van der Waals surface area contributed by atoms with Crippen molar-refractivity contribution in [3.05, 3.63) is 29.8 Å². The van der Waals surface area contributed by atoms with Gasteiger partial charge in [-0.2, -0.15) is 0 Å². The molecular weight excluding hydrogens is 198 g/mol. The third-order valence-electron chi connectivity index (χ3n) is 3.27. The van der Waals surface area contributed by atoms with E-state index in [1.54, 1.807) is 4.90 Å². The molecule has 2 rings (SSSR count). The predicted molar refractivity (Wildman–Crippen MR) is 65.9 cm³/mol. The van der Waals surface area contributed by atoms with Gasteiger partial charge in [0.25, 0.3) is 0 Å². The molecule has 2 heteroatoms. The number of hydrogen-bond donors (Lipinski definition) is 1. The van der Waals surface area contributed by atoms with Gasteiger partial charge in [0, 0.05) is 5.56 Å². The van der Waals surface area contributed by atoms with Gasteiger partial charge in [-0.1, -0.05) is 12.1 Å². The number of para-hydroxylation sites is 1. The summed E-state index contributed by atoms with van der Waals surface area (Å²) in [6, 6.07) is 8.45. The number of hydrogen-bond acceptors (Lipinski definition) is 1. The molecule has 1 heterocycles. The summed E-state index contributed by atoms with van der Waals surface area (Å²) in [6.45, 7) is 6.56. The molecule has 1 aromatic carbocycles. The second-order valence-electron chi connectivity index (χ2n) is 4.53. The minimum Gasteiger partial charge on any atom is -0.493 e. The molecule has 88 valence electrons. The third-order valence-corrected chi connectivity index (χ3v) is 3.27. The van der Waals surface area contributed by atoms with E-state index < -0.39 is 0 Å². The molecule has 0 spiro atoms. The van der Waals surface area contributed by atoms with Crippen molar-refractivity contribution in [2.45, 2.75) is 32.7 Å². The minimum atomic E-state index is 0.756. The molecule has 1 saturated heterocycles. The number of ether oxygens (including phenoxy) is 1. The fourth-order valence-electron chi connectivity index (χ4n) is 2.44. The van der Waals surface area contributed by atoms with Gasteiger partial charge in [-0.15, -0.1) is 0 Å². The number of rotatable bonds is 4. The van der Waals surface area contributed by atoms with Gasteiger partial charge in [-0.05, 0) is 38.3 Å². The highest BCUT2D eigenvalue weighted by Crippen LogP contribution is 2.16. The highest BCUT2D eigenvalue weighted by Gasteiger charge is 2.15. The Kier molecular flexibility index (Phi) is 4.23. The molecule has 0 radical (unpaired) electrons. The molecule has 1 fully saturated rings. The van der Waals surface area contributed by atoms with E-state index in [2.05, 4.69) is 24.3 Å². The van der Waals surface area contributed by atoms with Crippen molar-refractivity contribution < 1.29 is 9.64 Å². The average Bonchev–Trinajstić information content (AvgIpc) is 2.33. The Bertz CT molecular complexity index is 318. The number of quaternary nitrogens is 1. The summed E-state index contributed by atoms with van der Waals surface area (Å²) in [5.41, 5.74) is 1.36. The smallest absolute Gasteiger partial charge is 0.128 e. The summed E-state index contributed by atoms with van der Waals surface area (Å²) in [6.07, 6.45) is 4.18. The van der Waals surface area contributed by atoms with E-state index in [4.69, 9.17) is 4.74 Å². The maximum atomic E-state index is 5.67. The second-order valence-corrected chi connectivity index (χ2v) is 4.53. The van der Waals surface area contributed by atoms with Gasteiger partial charge in [-0.3, -0.25) is 0 Å². The number of likely N-dealkylation sites (tertiary alicyclic amines) is 1. The van der Waals surface area contributed by atoms with E-state index in [0.717, 1.165) is 18.9 Å². The largest absolute Gasteiger partial charge is 0.493 e. The fourth-order valence-corrected chi connectivity index (χ4v) is 2.44. The molecular formula is C14H22NO+. The summed E-state index contributed by atoms with van der Waals surface area (Å²) >= 11 is 0. The van der Waals surface area contributed by atoms with Gasteiger partial charge in [0.15, 0.2) is 0 Å². The lowest BCUT2D eigenvalue weighted by atomic mass is 10.1. The first-order valence-electron chi connectivity index (χ1n) is 6.44.